The van der Waals surface area contributed by atoms with Crippen LogP contribution >= 0.6 is 23.2 Å². The number of pyridine rings is 1. The van der Waals surface area contributed by atoms with Gasteiger partial charge in [-0.2, -0.15) is 0 Å². The standard InChI is InChI=1S/C17H12Cl2N2O4/c1-23-15-5-3-2-4-12(15)14-7-11(25-21-14)9-24-17(22)13-6-10(18)8-20-16(13)19/h2-8H,9H2,1H3. The number of nitrogens with zero attached hydrogens (tertiary/aromatic N) is 2. The number of halogens is 2. The number of hydrogen-bond donors (Lipinski definition) is 0. The zero-order valence-corrected chi connectivity index (χ0v) is 14.5. The lowest BCUT2D eigenvalue weighted by molar-refractivity contribution is 0.0437. The van der Waals surface area contributed by atoms with Crippen LogP contribution in [0, 0.1) is 0 Å². The van der Waals surface area contributed by atoms with Gasteiger partial charge >= 0.3 is 5.97 Å². The average molecular weight is 379 g/mol. The minimum atomic E-state index is -0.657. The Morgan fingerprint density at radius 2 is 2.04 bits per heavy atom. The maximum Gasteiger partial charge on any atom is 0.341 e. The number of hydrogen-bond acceptors (Lipinski definition) is 6. The van der Waals surface area contributed by atoms with Crippen LogP contribution in [0.1, 0.15) is 16.1 Å². The van der Waals surface area contributed by atoms with Gasteiger partial charge in [0.1, 0.15) is 16.6 Å². The number of carbonyl (C=O) groups excluding carboxylic acids is 1. The van der Waals surface area contributed by atoms with E-state index in [1.54, 1.807) is 13.2 Å². The highest BCUT2D eigenvalue weighted by Crippen LogP contribution is 2.29. The van der Waals surface area contributed by atoms with Gasteiger partial charge in [0.15, 0.2) is 12.4 Å². The van der Waals surface area contributed by atoms with E-state index in [4.69, 9.17) is 37.2 Å². The number of methoxy groups -OCH3 is 1. The highest BCUT2D eigenvalue weighted by atomic mass is 35.5. The first-order chi connectivity index (χ1) is 12.1. The molecule has 0 fully saturated rings. The molecule has 1 aromatic carbocycles. The minimum Gasteiger partial charge on any atom is -0.496 e. The zero-order chi connectivity index (χ0) is 17.8. The summed E-state index contributed by atoms with van der Waals surface area (Å²) < 4.78 is 15.7. The second kappa shape index (κ2) is 7.55. The molecule has 8 heteroatoms. The molecule has 3 rings (SSSR count). The molecule has 2 aromatic heterocycles. The fourth-order valence-electron chi connectivity index (χ4n) is 2.14. The fourth-order valence-corrected chi connectivity index (χ4v) is 2.48. The minimum absolute atomic E-state index is 0.0154. The van der Waals surface area contributed by atoms with Gasteiger partial charge in [0.05, 0.1) is 17.7 Å². The van der Waals surface area contributed by atoms with E-state index in [-0.39, 0.29) is 22.3 Å². The lowest BCUT2D eigenvalue weighted by Gasteiger charge is -2.04. The van der Waals surface area contributed by atoms with Crippen molar-refractivity contribution in [3.05, 3.63) is 64.1 Å². The van der Waals surface area contributed by atoms with Crippen molar-refractivity contribution in [1.29, 1.82) is 0 Å². The lowest BCUT2D eigenvalue weighted by Crippen LogP contribution is -2.06. The van der Waals surface area contributed by atoms with E-state index in [2.05, 4.69) is 10.1 Å². The number of aromatic nitrogens is 2. The van der Waals surface area contributed by atoms with Crippen LogP contribution in [0.3, 0.4) is 0 Å². The first-order valence-electron chi connectivity index (χ1n) is 7.15. The summed E-state index contributed by atoms with van der Waals surface area (Å²) in [6.45, 7) is -0.107. The van der Waals surface area contributed by atoms with Gasteiger partial charge in [-0.1, -0.05) is 40.5 Å². The van der Waals surface area contributed by atoms with Gasteiger partial charge in [-0.3, -0.25) is 0 Å². The first kappa shape index (κ1) is 17.3. The van der Waals surface area contributed by atoms with Gasteiger partial charge in [-0.15, -0.1) is 0 Å². The van der Waals surface area contributed by atoms with E-state index in [0.29, 0.717) is 17.2 Å². The van der Waals surface area contributed by atoms with Gasteiger partial charge < -0.3 is 14.0 Å². The Morgan fingerprint density at radius 3 is 2.84 bits per heavy atom. The molecule has 0 saturated heterocycles. The molecule has 0 radical (unpaired) electrons. The van der Waals surface area contributed by atoms with Crippen molar-refractivity contribution in [2.75, 3.05) is 7.11 Å². The Labute approximate surface area is 153 Å². The molecule has 0 spiro atoms. The number of esters is 1. The highest BCUT2D eigenvalue weighted by Gasteiger charge is 2.16. The molecule has 0 aliphatic rings. The molecule has 0 aliphatic carbocycles. The quantitative estimate of drug-likeness (QED) is 0.483. The molecule has 0 atom stereocenters. The summed E-state index contributed by atoms with van der Waals surface area (Å²) in [5.74, 6) is 0.381. The molecule has 3 aromatic rings. The van der Waals surface area contributed by atoms with Crippen LogP contribution in [0.5, 0.6) is 5.75 Å². The number of carbonyl (C=O) groups is 1. The van der Waals surface area contributed by atoms with E-state index in [1.165, 1.54) is 12.3 Å². The zero-order valence-electron chi connectivity index (χ0n) is 13.0. The summed E-state index contributed by atoms with van der Waals surface area (Å²) in [7, 11) is 1.57. The van der Waals surface area contributed by atoms with Gasteiger partial charge in [-0.05, 0) is 18.2 Å². The van der Waals surface area contributed by atoms with Crippen molar-refractivity contribution in [3.63, 3.8) is 0 Å². The van der Waals surface area contributed by atoms with Crippen molar-refractivity contribution in [3.8, 4) is 17.0 Å². The third kappa shape index (κ3) is 3.92. The van der Waals surface area contributed by atoms with E-state index in [0.717, 1.165) is 5.56 Å². The third-order valence-corrected chi connectivity index (χ3v) is 3.82. The van der Waals surface area contributed by atoms with E-state index < -0.39 is 5.97 Å². The summed E-state index contributed by atoms with van der Waals surface area (Å²) >= 11 is 11.7. The van der Waals surface area contributed by atoms with Crippen LogP contribution < -0.4 is 4.74 Å². The summed E-state index contributed by atoms with van der Waals surface area (Å²) in [4.78, 5) is 15.9. The molecule has 25 heavy (non-hydrogen) atoms. The maximum atomic E-state index is 12.1. The molecular formula is C17H12Cl2N2O4. The van der Waals surface area contributed by atoms with Crippen LogP contribution in [-0.4, -0.2) is 23.2 Å². The monoisotopic (exact) mass is 378 g/mol. The topological polar surface area (TPSA) is 74.5 Å². The van der Waals surface area contributed by atoms with Crippen molar-refractivity contribution in [2.45, 2.75) is 6.61 Å². The fraction of sp³-hybridized carbons (Fsp3) is 0.118. The van der Waals surface area contributed by atoms with Crippen LogP contribution in [0.4, 0.5) is 0 Å². The smallest absolute Gasteiger partial charge is 0.341 e. The summed E-state index contributed by atoms with van der Waals surface area (Å²) in [5.41, 5.74) is 1.43. The Kier molecular flexibility index (Phi) is 5.21. The molecule has 0 N–H and O–H groups in total. The second-order valence-electron chi connectivity index (χ2n) is 4.95. The molecule has 0 amide bonds. The number of ether oxygens (including phenoxy) is 2. The third-order valence-electron chi connectivity index (χ3n) is 3.31. The number of rotatable bonds is 5. The summed E-state index contributed by atoms with van der Waals surface area (Å²) in [6, 6.07) is 10.4. The molecule has 0 saturated carbocycles. The van der Waals surface area contributed by atoms with E-state index in [1.807, 2.05) is 24.3 Å². The van der Waals surface area contributed by atoms with Gasteiger partial charge in [0, 0.05) is 17.8 Å². The Bertz CT molecular complexity index is 911. The van der Waals surface area contributed by atoms with Crippen molar-refractivity contribution < 1.29 is 18.8 Å². The van der Waals surface area contributed by atoms with E-state index >= 15 is 0 Å². The normalized spacial score (nSPS) is 10.5. The molecule has 0 aliphatic heterocycles. The van der Waals surface area contributed by atoms with Crippen LogP contribution in [0.15, 0.2) is 47.1 Å². The van der Waals surface area contributed by atoms with Gasteiger partial charge in [0.25, 0.3) is 0 Å². The lowest BCUT2D eigenvalue weighted by atomic mass is 10.1. The van der Waals surface area contributed by atoms with E-state index in [9.17, 15) is 4.79 Å². The van der Waals surface area contributed by atoms with Gasteiger partial charge in [-0.25, -0.2) is 9.78 Å². The largest absolute Gasteiger partial charge is 0.496 e. The van der Waals surface area contributed by atoms with Crippen molar-refractivity contribution in [2.24, 2.45) is 0 Å². The molecular weight excluding hydrogens is 367 g/mol. The summed E-state index contributed by atoms with van der Waals surface area (Å²) in [5, 5.41) is 4.27. The number of benzene rings is 1. The van der Waals surface area contributed by atoms with Crippen molar-refractivity contribution >= 4 is 29.2 Å². The average Bonchev–Trinajstić information content (AvgIpc) is 3.10. The predicted molar refractivity (Wildman–Crippen MR) is 91.9 cm³/mol. The van der Waals surface area contributed by atoms with Gasteiger partial charge in [0.2, 0.25) is 0 Å². The predicted octanol–water partition coefficient (Wildman–Crippen LogP) is 4.41. The van der Waals surface area contributed by atoms with Crippen LogP contribution in [0.25, 0.3) is 11.3 Å². The Hall–Kier alpha value is -2.57. The Balaban J connectivity index is 1.72. The summed E-state index contributed by atoms with van der Waals surface area (Å²) in [6.07, 6.45) is 1.34. The maximum absolute atomic E-state index is 12.1. The second-order valence-corrected chi connectivity index (χ2v) is 5.74. The molecule has 6 nitrogen and oxygen atoms in total. The number of para-hydroxylation sites is 1. The highest BCUT2D eigenvalue weighted by molar-refractivity contribution is 6.34. The van der Waals surface area contributed by atoms with Crippen LogP contribution in [0.2, 0.25) is 10.2 Å². The molecule has 128 valence electrons. The SMILES string of the molecule is COc1ccccc1-c1cc(COC(=O)c2cc(Cl)cnc2Cl)on1. The molecule has 2 heterocycles. The van der Waals surface area contributed by atoms with Crippen LogP contribution in [-0.2, 0) is 11.3 Å². The first-order valence-corrected chi connectivity index (χ1v) is 7.91. The van der Waals surface area contributed by atoms with Crippen molar-refractivity contribution in [1.82, 2.24) is 10.1 Å². The Morgan fingerprint density at radius 1 is 1.24 bits per heavy atom. The molecule has 0 bridgehead atoms. The molecule has 0 unspecified atom stereocenters.